The van der Waals surface area contributed by atoms with E-state index in [9.17, 15) is 4.79 Å². The lowest BCUT2D eigenvalue weighted by Gasteiger charge is -2.04. The van der Waals surface area contributed by atoms with Crippen molar-refractivity contribution < 1.29 is 0 Å². The molecule has 0 spiro atoms. The summed E-state index contributed by atoms with van der Waals surface area (Å²) in [7, 11) is 0. The Labute approximate surface area is 120 Å². The molecule has 0 aliphatic rings. The number of pyridine rings is 1. The van der Waals surface area contributed by atoms with Gasteiger partial charge in [0.05, 0.1) is 5.69 Å². The molecule has 7 nitrogen and oxygen atoms in total. The van der Waals surface area contributed by atoms with Gasteiger partial charge in [0.25, 0.3) is 0 Å². The standard InChI is InChI=1S/C14H14N6O/c21-14-19-9-12(20-14)10-7-17-13(18-8-10)16-6-4-11-3-1-2-5-15-11/h1-3,5,7-9H,4,6H2,(H,16,17,18)(H2,19,20,21). The fraction of sp³-hybridized carbons (Fsp3) is 0.143. The molecule has 3 aromatic rings. The van der Waals surface area contributed by atoms with E-state index < -0.39 is 0 Å². The Morgan fingerprint density at radius 2 is 2.00 bits per heavy atom. The molecule has 0 aliphatic carbocycles. The van der Waals surface area contributed by atoms with Crippen molar-refractivity contribution in [2.45, 2.75) is 6.42 Å². The molecule has 3 heterocycles. The van der Waals surface area contributed by atoms with Crippen LogP contribution in [0.25, 0.3) is 11.3 Å². The smallest absolute Gasteiger partial charge is 0.323 e. The van der Waals surface area contributed by atoms with Crippen molar-refractivity contribution in [3.63, 3.8) is 0 Å². The van der Waals surface area contributed by atoms with Gasteiger partial charge in [-0.3, -0.25) is 4.98 Å². The minimum absolute atomic E-state index is 0.248. The first kappa shape index (κ1) is 13.0. The molecule has 0 saturated heterocycles. The largest absolute Gasteiger partial charge is 0.354 e. The minimum atomic E-state index is -0.248. The predicted molar refractivity (Wildman–Crippen MR) is 78.9 cm³/mol. The van der Waals surface area contributed by atoms with Gasteiger partial charge in [0.2, 0.25) is 5.95 Å². The summed E-state index contributed by atoms with van der Waals surface area (Å²) in [5.74, 6) is 0.549. The van der Waals surface area contributed by atoms with Crippen LogP contribution in [0.2, 0.25) is 0 Å². The fourth-order valence-electron chi connectivity index (χ4n) is 1.89. The van der Waals surface area contributed by atoms with Crippen molar-refractivity contribution >= 4 is 5.95 Å². The maximum Gasteiger partial charge on any atom is 0.323 e. The lowest BCUT2D eigenvalue weighted by molar-refractivity contribution is 0.941. The Morgan fingerprint density at radius 3 is 2.67 bits per heavy atom. The molecular weight excluding hydrogens is 268 g/mol. The molecule has 0 radical (unpaired) electrons. The first-order valence-corrected chi connectivity index (χ1v) is 6.55. The number of rotatable bonds is 5. The molecule has 0 atom stereocenters. The molecule has 0 saturated carbocycles. The zero-order valence-corrected chi connectivity index (χ0v) is 11.2. The monoisotopic (exact) mass is 282 g/mol. The molecule has 0 bridgehead atoms. The Morgan fingerprint density at radius 1 is 1.14 bits per heavy atom. The Bertz CT molecular complexity index is 747. The van der Waals surface area contributed by atoms with Crippen molar-refractivity contribution in [3.8, 4) is 11.3 Å². The third-order valence-corrected chi connectivity index (χ3v) is 2.95. The second kappa shape index (κ2) is 6.00. The molecule has 3 aromatic heterocycles. The average Bonchev–Trinajstić information content (AvgIpc) is 2.96. The number of hydrogen-bond donors (Lipinski definition) is 3. The number of H-pyrrole nitrogens is 2. The zero-order valence-electron chi connectivity index (χ0n) is 11.2. The summed E-state index contributed by atoms with van der Waals surface area (Å²) in [5.41, 5.74) is 2.19. The van der Waals surface area contributed by atoms with Gasteiger partial charge in [-0.05, 0) is 12.1 Å². The highest BCUT2D eigenvalue weighted by Crippen LogP contribution is 2.12. The molecule has 0 unspecified atom stereocenters. The van der Waals surface area contributed by atoms with E-state index in [4.69, 9.17) is 0 Å². The highest BCUT2D eigenvalue weighted by Gasteiger charge is 2.02. The van der Waals surface area contributed by atoms with Gasteiger partial charge >= 0.3 is 5.69 Å². The highest BCUT2D eigenvalue weighted by atomic mass is 16.1. The maximum atomic E-state index is 11.0. The number of imidazole rings is 1. The van der Waals surface area contributed by atoms with Gasteiger partial charge in [0, 0.05) is 49.0 Å². The second-order valence-electron chi connectivity index (χ2n) is 4.45. The fourth-order valence-corrected chi connectivity index (χ4v) is 1.89. The van der Waals surface area contributed by atoms with E-state index in [-0.39, 0.29) is 5.69 Å². The van der Waals surface area contributed by atoms with Crippen molar-refractivity contribution in [2.75, 3.05) is 11.9 Å². The molecule has 3 rings (SSSR count). The van der Waals surface area contributed by atoms with Crippen LogP contribution in [0.3, 0.4) is 0 Å². The molecule has 0 amide bonds. The van der Waals surface area contributed by atoms with E-state index in [0.717, 1.165) is 17.7 Å². The van der Waals surface area contributed by atoms with Gasteiger partial charge in [-0.1, -0.05) is 6.07 Å². The Balaban J connectivity index is 1.58. The highest BCUT2D eigenvalue weighted by molar-refractivity contribution is 5.56. The van der Waals surface area contributed by atoms with E-state index in [1.54, 1.807) is 24.8 Å². The molecule has 0 aliphatic heterocycles. The van der Waals surface area contributed by atoms with Gasteiger partial charge in [0.15, 0.2) is 0 Å². The summed E-state index contributed by atoms with van der Waals surface area (Å²) in [4.78, 5) is 28.9. The molecular formula is C14H14N6O. The van der Waals surface area contributed by atoms with Crippen molar-refractivity contribution in [2.24, 2.45) is 0 Å². The minimum Gasteiger partial charge on any atom is -0.354 e. The van der Waals surface area contributed by atoms with E-state index in [1.807, 2.05) is 18.2 Å². The van der Waals surface area contributed by atoms with E-state index in [2.05, 4.69) is 30.2 Å². The number of aromatic nitrogens is 5. The van der Waals surface area contributed by atoms with Crippen molar-refractivity contribution in [3.05, 3.63) is 59.2 Å². The lowest BCUT2D eigenvalue weighted by Crippen LogP contribution is -2.08. The summed E-state index contributed by atoms with van der Waals surface area (Å²) in [5, 5.41) is 3.14. The lowest BCUT2D eigenvalue weighted by atomic mass is 10.2. The molecule has 0 fully saturated rings. The number of nitrogens with zero attached hydrogens (tertiary/aromatic N) is 3. The first-order chi connectivity index (χ1) is 10.3. The number of nitrogens with one attached hydrogen (secondary N) is 3. The van der Waals surface area contributed by atoms with Gasteiger partial charge < -0.3 is 15.3 Å². The predicted octanol–water partition coefficient (Wildman–Crippen LogP) is 1.21. The number of aromatic amines is 2. The van der Waals surface area contributed by atoms with Crippen molar-refractivity contribution in [1.82, 2.24) is 24.9 Å². The van der Waals surface area contributed by atoms with Gasteiger partial charge in [-0.2, -0.15) is 0 Å². The SMILES string of the molecule is O=c1[nH]cc(-c2cnc(NCCc3ccccn3)nc2)[nH]1. The number of hydrogen-bond acceptors (Lipinski definition) is 5. The van der Waals surface area contributed by atoms with Crippen LogP contribution in [0.1, 0.15) is 5.69 Å². The third-order valence-electron chi connectivity index (χ3n) is 2.95. The zero-order chi connectivity index (χ0) is 14.5. The van der Waals surface area contributed by atoms with Crippen molar-refractivity contribution in [1.29, 1.82) is 0 Å². The van der Waals surface area contributed by atoms with Crippen LogP contribution in [0, 0.1) is 0 Å². The van der Waals surface area contributed by atoms with E-state index in [0.29, 0.717) is 18.2 Å². The quantitative estimate of drug-likeness (QED) is 0.653. The van der Waals surface area contributed by atoms with Crippen LogP contribution in [0.4, 0.5) is 5.95 Å². The molecule has 21 heavy (non-hydrogen) atoms. The van der Waals surface area contributed by atoms with Crippen LogP contribution in [0.5, 0.6) is 0 Å². The maximum absolute atomic E-state index is 11.0. The van der Waals surface area contributed by atoms with Gasteiger partial charge in [-0.15, -0.1) is 0 Å². The summed E-state index contributed by atoms with van der Waals surface area (Å²) >= 11 is 0. The average molecular weight is 282 g/mol. The Kier molecular flexibility index (Phi) is 3.72. The summed E-state index contributed by atoms with van der Waals surface area (Å²) < 4.78 is 0. The van der Waals surface area contributed by atoms with Gasteiger partial charge in [0.1, 0.15) is 0 Å². The van der Waals surface area contributed by atoms with Crippen LogP contribution in [0.15, 0.2) is 47.8 Å². The summed E-state index contributed by atoms with van der Waals surface area (Å²) in [6, 6.07) is 5.84. The second-order valence-corrected chi connectivity index (χ2v) is 4.45. The van der Waals surface area contributed by atoms with Crippen LogP contribution in [-0.2, 0) is 6.42 Å². The van der Waals surface area contributed by atoms with Crippen LogP contribution >= 0.6 is 0 Å². The molecule has 0 aromatic carbocycles. The molecule has 7 heteroatoms. The molecule has 106 valence electrons. The Hall–Kier alpha value is -2.96. The third kappa shape index (κ3) is 3.33. The van der Waals surface area contributed by atoms with E-state index >= 15 is 0 Å². The number of anilines is 1. The normalized spacial score (nSPS) is 10.5. The van der Waals surface area contributed by atoms with E-state index in [1.165, 1.54) is 0 Å². The van der Waals surface area contributed by atoms with Crippen LogP contribution in [-0.4, -0.2) is 31.5 Å². The first-order valence-electron chi connectivity index (χ1n) is 6.55. The van der Waals surface area contributed by atoms with Gasteiger partial charge in [-0.25, -0.2) is 14.8 Å². The summed E-state index contributed by atoms with van der Waals surface area (Å²) in [6.45, 7) is 0.706. The topological polar surface area (TPSA) is 99.3 Å². The summed E-state index contributed by atoms with van der Waals surface area (Å²) in [6.07, 6.45) is 7.50. The molecule has 3 N–H and O–H groups in total. The van der Waals surface area contributed by atoms with Crippen LogP contribution < -0.4 is 11.0 Å².